The number of benzene rings is 2. The summed E-state index contributed by atoms with van der Waals surface area (Å²) >= 11 is 8.68. The van der Waals surface area contributed by atoms with Gasteiger partial charge in [-0.05, 0) is 42.5 Å². The van der Waals surface area contributed by atoms with Crippen LogP contribution in [0, 0.1) is 0 Å². The number of halogens is 1. The van der Waals surface area contributed by atoms with E-state index in [-0.39, 0.29) is 0 Å². The maximum absolute atomic E-state index is 5.27. The number of hydrogen-bond donors (Lipinski definition) is 2. The molecular weight excluding hydrogens is 404 g/mol. The van der Waals surface area contributed by atoms with E-state index >= 15 is 0 Å². The van der Waals surface area contributed by atoms with Crippen molar-refractivity contribution in [3.63, 3.8) is 0 Å². The first-order valence-electron chi connectivity index (χ1n) is 7.41. The Labute approximate surface area is 158 Å². The predicted molar refractivity (Wildman–Crippen MR) is 103 cm³/mol. The van der Waals surface area contributed by atoms with Crippen LogP contribution in [0.15, 0.2) is 57.5 Å². The lowest BCUT2D eigenvalue weighted by Gasteiger charge is -2.08. The van der Waals surface area contributed by atoms with Gasteiger partial charge in [0.1, 0.15) is 5.75 Å². The van der Waals surface area contributed by atoms with Crippen molar-refractivity contribution in [3.8, 4) is 17.1 Å². The second-order valence-electron chi connectivity index (χ2n) is 5.06. The van der Waals surface area contributed by atoms with Gasteiger partial charge in [-0.3, -0.25) is 0 Å². The van der Waals surface area contributed by atoms with Crippen molar-refractivity contribution < 1.29 is 9.26 Å². The zero-order valence-corrected chi connectivity index (χ0v) is 15.7. The molecule has 6 nitrogen and oxygen atoms in total. The molecule has 25 heavy (non-hydrogen) atoms. The number of anilines is 1. The molecule has 0 aliphatic heterocycles. The highest BCUT2D eigenvalue weighted by atomic mass is 79.9. The van der Waals surface area contributed by atoms with Gasteiger partial charge in [-0.2, -0.15) is 4.98 Å². The first-order chi connectivity index (χ1) is 12.1. The van der Waals surface area contributed by atoms with Crippen molar-refractivity contribution in [1.82, 2.24) is 15.5 Å². The van der Waals surface area contributed by atoms with Gasteiger partial charge >= 0.3 is 0 Å². The van der Waals surface area contributed by atoms with Gasteiger partial charge in [0.15, 0.2) is 5.11 Å². The molecule has 128 valence electrons. The van der Waals surface area contributed by atoms with E-state index < -0.39 is 0 Å². The molecule has 1 aromatic heterocycles. The van der Waals surface area contributed by atoms with Gasteiger partial charge in [0.25, 0.3) is 0 Å². The maximum Gasteiger partial charge on any atom is 0.246 e. The average Bonchev–Trinajstić information content (AvgIpc) is 3.09. The third kappa shape index (κ3) is 4.77. The van der Waals surface area contributed by atoms with Crippen LogP contribution in [0.25, 0.3) is 11.4 Å². The number of thiocarbonyl (C=S) groups is 1. The molecular formula is C17H15BrN4O2S. The number of aromatic nitrogens is 2. The van der Waals surface area contributed by atoms with Crippen LogP contribution in [-0.2, 0) is 6.54 Å². The Balaban J connectivity index is 1.59. The molecule has 8 heteroatoms. The summed E-state index contributed by atoms with van der Waals surface area (Å²) in [4.78, 5) is 4.36. The zero-order valence-electron chi connectivity index (χ0n) is 13.3. The summed E-state index contributed by atoms with van der Waals surface area (Å²) in [6, 6.07) is 15.2. The fourth-order valence-electron chi connectivity index (χ4n) is 2.10. The zero-order chi connectivity index (χ0) is 17.6. The van der Waals surface area contributed by atoms with E-state index in [0.29, 0.717) is 23.4 Å². The predicted octanol–water partition coefficient (Wildman–Crippen LogP) is 3.99. The third-order valence-corrected chi connectivity index (χ3v) is 4.02. The molecule has 0 saturated heterocycles. The Morgan fingerprint density at radius 3 is 2.88 bits per heavy atom. The maximum atomic E-state index is 5.27. The minimum absolute atomic E-state index is 0.330. The van der Waals surface area contributed by atoms with Crippen LogP contribution >= 0.6 is 28.1 Å². The summed E-state index contributed by atoms with van der Waals surface area (Å²) in [5, 5.41) is 10.6. The molecule has 2 aromatic carbocycles. The van der Waals surface area contributed by atoms with Crippen LogP contribution in [0.2, 0.25) is 0 Å². The fraction of sp³-hybridized carbons (Fsp3) is 0.118. The molecule has 1 heterocycles. The van der Waals surface area contributed by atoms with Crippen LogP contribution < -0.4 is 15.4 Å². The highest BCUT2D eigenvalue weighted by molar-refractivity contribution is 9.10. The summed E-state index contributed by atoms with van der Waals surface area (Å²) in [7, 11) is 1.61. The van der Waals surface area contributed by atoms with E-state index in [9.17, 15) is 0 Å². The molecule has 2 N–H and O–H groups in total. The van der Waals surface area contributed by atoms with E-state index in [4.69, 9.17) is 21.5 Å². The van der Waals surface area contributed by atoms with Crippen molar-refractivity contribution >= 4 is 38.9 Å². The molecule has 0 aliphatic carbocycles. The molecule has 0 unspecified atom stereocenters. The van der Waals surface area contributed by atoms with Crippen LogP contribution in [0.5, 0.6) is 5.75 Å². The van der Waals surface area contributed by atoms with Gasteiger partial charge in [0.05, 0.1) is 13.7 Å². The standard InChI is InChI=1S/C17H15BrN4O2S/c1-23-14-7-2-4-11(8-14)16-21-15(24-22-16)10-19-17(25)20-13-6-3-5-12(18)9-13/h2-9H,10H2,1H3,(H2,19,20,25). The summed E-state index contributed by atoms with van der Waals surface area (Å²) < 4.78 is 11.4. The lowest BCUT2D eigenvalue weighted by molar-refractivity contribution is 0.376. The number of nitrogens with zero attached hydrogens (tertiary/aromatic N) is 2. The van der Waals surface area contributed by atoms with Crippen molar-refractivity contribution in [2.24, 2.45) is 0 Å². The van der Waals surface area contributed by atoms with Gasteiger partial charge < -0.3 is 19.9 Å². The number of ether oxygens (including phenoxy) is 1. The highest BCUT2D eigenvalue weighted by Crippen LogP contribution is 2.21. The molecule has 0 atom stereocenters. The highest BCUT2D eigenvalue weighted by Gasteiger charge is 2.10. The number of methoxy groups -OCH3 is 1. The summed E-state index contributed by atoms with van der Waals surface area (Å²) in [6.45, 7) is 0.330. The van der Waals surface area contributed by atoms with E-state index in [1.807, 2.05) is 48.5 Å². The lowest BCUT2D eigenvalue weighted by atomic mass is 10.2. The Bertz CT molecular complexity index is 884. The minimum atomic E-state index is 0.330. The Morgan fingerprint density at radius 2 is 2.08 bits per heavy atom. The van der Waals surface area contributed by atoms with Gasteiger partial charge in [-0.15, -0.1) is 0 Å². The third-order valence-electron chi connectivity index (χ3n) is 3.28. The lowest BCUT2D eigenvalue weighted by Crippen LogP contribution is -2.27. The van der Waals surface area contributed by atoms with Gasteiger partial charge in [-0.25, -0.2) is 0 Å². The summed E-state index contributed by atoms with van der Waals surface area (Å²) in [5.74, 6) is 1.68. The Kier molecular flexibility index (Phi) is 5.62. The Hall–Kier alpha value is -2.45. The smallest absolute Gasteiger partial charge is 0.246 e. The fourth-order valence-corrected chi connectivity index (χ4v) is 2.69. The first-order valence-corrected chi connectivity index (χ1v) is 8.61. The molecule has 0 fully saturated rings. The molecule has 3 aromatic rings. The first kappa shape index (κ1) is 17.4. The molecule has 0 amide bonds. The van der Waals surface area contributed by atoms with Crippen molar-refractivity contribution in [1.29, 1.82) is 0 Å². The van der Waals surface area contributed by atoms with Crippen LogP contribution in [0.4, 0.5) is 5.69 Å². The second-order valence-corrected chi connectivity index (χ2v) is 6.39. The molecule has 0 radical (unpaired) electrons. The van der Waals surface area contributed by atoms with E-state index in [2.05, 4.69) is 36.7 Å². The van der Waals surface area contributed by atoms with Crippen molar-refractivity contribution in [3.05, 3.63) is 58.9 Å². The quantitative estimate of drug-likeness (QED) is 0.606. The number of hydrogen-bond acceptors (Lipinski definition) is 5. The van der Waals surface area contributed by atoms with E-state index in [1.54, 1.807) is 7.11 Å². The SMILES string of the molecule is COc1cccc(-c2noc(CNC(=S)Nc3cccc(Br)c3)n2)c1. The molecule has 0 spiro atoms. The largest absolute Gasteiger partial charge is 0.497 e. The van der Waals surface area contributed by atoms with Gasteiger partial charge in [0, 0.05) is 15.7 Å². The normalized spacial score (nSPS) is 10.3. The second kappa shape index (κ2) is 8.09. The summed E-state index contributed by atoms with van der Waals surface area (Å²) in [6.07, 6.45) is 0. The molecule has 3 rings (SSSR count). The summed E-state index contributed by atoms with van der Waals surface area (Å²) in [5.41, 5.74) is 1.71. The Morgan fingerprint density at radius 1 is 1.24 bits per heavy atom. The van der Waals surface area contributed by atoms with E-state index in [0.717, 1.165) is 21.5 Å². The topological polar surface area (TPSA) is 72.2 Å². The minimum Gasteiger partial charge on any atom is -0.497 e. The van der Waals surface area contributed by atoms with Crippen LogP contribution in [-0.4, -0.2) is 22.4 Å². The van der Waals surface area contributed by atoms with Crippen molar-refractivity contribution in [2.45, 2.75) is 6.54 Å². The van der Waals surface area contributed by atoms with Gasteiger partial charge in [-0.1, -0.05) is 39.3 Å². The van der Waals surface area contributed by atoms with Crippen LogP contribution in [0.1, 0.15) is 5.89 Å². The molecule has 0 saturated carbocycles. The number of rotatable bonds is 5. The number of nitrogens with one attached hydrogen (secondary N) is 2. The average molecular weight is 419 g/mol. The van der Waals surface area contributed by atoms with E-state index in [1.165, 1.54) is 0 Å². The van der Waals surface area contributed by atoms with Gasteiger partial charge in [0.2, 0.25) is 11.7 Å². The molecule has 0 bridgehead atoms. The monoisotopic (exact) mass is 418 g/mol. The van der Waals surface area contributed by atoms with Crippen LogP contribution in [0.3, 0.4) is 0 Å². The molecule has 0 aliphatic rings. The van der Waals surface area contributed by atoms with Crippen molar-refractivity contribution in [2.75, 3.05) is 12.4 Å².